The fraction of sp³-hybridized carbons (Fsp3) is 0.500. The van der Waals surface area contributed by atoms with Crippen LogP contribution in [0.2, 0.25) is 5.02 Å². The van der Waals surface area contributed by atoms with Gasteiger partial charge in [-0.25, -0.2) is 0 Å². The van der Waals surface area contributed by atoms with Gasteiger partial charge in [0.2, 0.25) is 0 Å². The maximum absolute atomic E-state index is 13.6. The standard InChI is InChI=1S/C16H17ClF3N5/c17-10-7-11-14(12(8-10)16(18,19)20)25(9-13-21-3-4-22-13)23-15(11)24-5-1-2-6-24/h7-8H,1-6,9H2,(H,21,22). The minimum Gasteiger partial charge on any atom is -0.370 e. The average molecular weight is 372 g/mol. The van der Waals surface area contributed by atoms with Crippen LogP contribution in [0.15, 0.2) is 17.1 Å². The molecule has 0 atom stereocenters. The lowest BCUT2D eigenvalue weighted by Crippen LogP contribution is -2.25. The summed E-state index contributed by atoms with van der Waals surface area (Å²) in [5.74, 6) is 1.22. The summed E-state index contributed by atoms with van der Waals surface area (Å²) in [5, 5.41) is 8.11. The number of amidine groups is 1. The van der Waals surface area contributed by atoms with Crippen LogP contribution in [0.5, 0.6) is 0 Å². The van der Waals surface area contributed by atoms with Gasteiger partial charge in [0.05, 0.1) is 24.2 Å². The summed E-state index contributed by atoms with van der Waals surface area (Å²) >= 11 is 6.00. The molecule has 0 radical (unpaired) electrons. The van der Waals surface area contributed by atoms with Gasteiger partial charge in [-0.3, -0.25) is 9.67 Å². The number of hydrogen-bond donors (Lipinski definition) is 1. The predicted octanol–water partition coefficient (Wildman–Crippen LogP) is 3.31. The molecular weight excluding hydrogens is 355 g/mol. The SMILES string of the molecule is FC(F)(F)c1cc(Cl)cc2c(N3CCCC3)nn(CC3=NCCN3)c12. The number of halogens is 4. The van der Waals surface area contributed by atoms with Gasteiger partial charge in [-0.1, -0.05) is 11.6 Å². The molecule has 1 aromatic carbocycles. The molecule has 4 rings (SSSR count). The molecule has 3 heterocycles. The molecule has 1 fully saturated rings. The highest BCUT2D eigenvalue weighted by atomic mass is 35.5. The van der Waals surface area contributed by atoms with E-state index in [1.807, 2.05) is 4.90 Å². The number of alkyl halides is 3. The minimum atomic E-state index is -4.51. The summed E-state index contributed by atoms with van der Waals surface area (Å²) in [6.07, 6.45) is -2.49. The molecule has 0 spiro atoms. The number of anilines is 1. The fourth-order valence-corrected chi connectivity index (χ4v) is 3.67. The monoisotopic (exact) mass is 371 g/mol. The summed E-state index contributed by atoms with van der Waals surface area (Å²) in [4.78, 5) is 6.30. The summed E-state index contributed by atoms with van der Waals surface area (Å²) in [6, 6.07) is 2.55. The Labute approximate surface area is 147 Å². The number of nitrogens with zero attached hydrogens (tertiary/aromatic N) is 4. The van der Waals surface area contributed by atoms with E-state index < -0.39 is 11.7 Å². The van der Waals surface area contributed by atoms with E-state index in [0.29, 0.717) is 30.1 Å². The first-order chi connectivity index (χ1) is 11.9. The molecule has 5 nitrogen and oxygen atoms in total. The lowest BCUT2D eigenvalue weighted by Gasteiger charge is -2.14. The molecule has 0 aliphatic carbocycles. The van der Waals surface area contributed by atoms with Crippen LogP contribution in [-0.2, 0) is 12.7 Å². The van der Waals surface area contributed by atoms with Gasteiger partial charge in [0.25, 0.3) is 0 Å². The van der Waals surface area contributed by atoms with Crippen LogP contribution in [0.3, 0.4) is 0 Å². The number of aromatic nitrogens is 2. The zero-order valence-corrected chi connectivity index (χ0v) is 14.2. The van der Waals surface area contributed by atoms with E-state index in [1.165, 1.54) is 4.68 Å². The maximum atomic E-state index is 13.6. The van der Waals surface area contributed by atoms with Gasteiger partial charge in [-0.2, -0.15) is 18.3 Å². The van der Waals surface area contributed by atoms with Gasteiger partial charge in [0.15, 0.2) is 5.82 Å². The van der Waals surface area contributed by atoms with Crippen molar-refractivity contribution in [3.8, 4) is 0 Å². The third kappa shape index (κ3) is 3.03. The lowest BCUT2D eigenvalue weighted by atomic mass is 10.1. The molecule has 2 aromatic rings. The third-order valence-electron chi connectivity index (χ3n) is 4.54. The molecule has 2 aliphatic heterocycles. The summed E-state index contributed by atoms with van der Waals surface area (Å²) in [5.41, 5.74) is -0.693. The minimum absolute atomic E-state index is 0.0650. The molecular formula is C16H17ClF3N5. The topological polar surface area (TPSA) is 45.5 Å². The molecule has 2 aliphatic rings. The molecule has 1 N–H and O–H groups in total. The summed E-state index contributed by atoms with van der Waals surface area (Å²) in [7, 11) is 0. The molecule has 134 valence electrons. The number of nitrogens with one attached hydrogen (secondary N) is 1. The van der Waals surface area contributed by atoms with E-state index in [0.717, 1.165) is 32.0 Å². The highest BCUT2D eigenvalue weighted by Crippen LogP contribution is 2.40. The molecule has 1 aromatic heterocycles. The van der Waals surface area contributed by atoms with Crippen molar-refractivity contribution in [2.24, 2.45) is 4.99 Å². The van der Waals surface area contributed by atoms with E-state index in [2.05, 4.69) is 15.4 Å². The van der Waals surface area contributed by atoms with Crippen molar-refractivity contribution in [3.05, 3.63) is 22.7 Å². The van der Waals surface area contributed by atoms with Crippen LogP contribution in [0.4, 0.5) is 19.0 Å². The Morgan fingerprint density at radius 2 is 1.96 bits per heavy atom. The molecule has 1 saturated heterocycles. The van der Waals surface area contributed by atoms with Gasteiger partial charge in [0.1, 0.15) is 5.84 Å². The van der Waals surface area contributed by atoms with Crippen LogP contribution in [0.1, 0.15) is 18.4 Å². The quantitative estimate of drug-likeness (QED) is 0.900. The van der Waals surface area contributed by atoms with Gasteiger partial charge in [0, 0.05) is 30.0 Å². The van der Waals surface area contributed by atoms with Gasteiger partial charge >= 0.3 is 6.18 Å². The number of rotatable bonds is 3. The van der Waals surface area contributed by atoms with Crippen molar-refractivity contribution < 1.29 is 13.2 Å². The molecule has 9 heteroatoms. The lowest BCUT2D eigenvalue weighted by molar-refractivity contribution is -0.136. The zero-order chi connectivity index (χ0) is 17.6. The van der Waals surface area contributed by atoms with Crippen molar-refractivity contribution in [3.63, 3.8) is 0 Å². The zero-order valence-electron chi connectivity index (χ0n) is 13.4. The second-order valence-electron chi connectivity index (χ2n) is 6.28. The Morgan fingerprint density at radius 3 is 2.60 bits per heavy atom. The number of hydrogen-bond acceptors (Lipinski definition) is 4. The third-order valence-corrected chi connectivity index (χ3v) is 4.76. The Morgan fingerprint density at radius 1 is 1.20 bits per heavy atom. The van der Waals surface area contributed by atoms with Crippen LogP contribution in [0.25, 0.3) is 10.9 Å². The van der Waals surface area contributed by atoms with Crippen molar-refractivity contribution in [1.29, 1.82) is 0 Å². The smallest absolute Gasteiger partial charge is 0.370 e. The van der Waals surface area contributed by atoms with Crippen LogP contribution in [0, 0.1) is 0 Å². The number of aliphatic imine (C=N–C) groups is 1. The molecule has 0 unspecified atom stereocenters. The van der Waals surface area contributed by atoms with Gasteiger partial charge in [-0.05, 0) is 25.0 Å². The van der Waals surface area contributed by atoms with Crippen molar-refractivity contribution in [2.45, 2.75) is 25.6 Å². The Balaban J connectivity index is 1.92. The maximum Gasteiger partial charge on any atom is 0.418 e. The van der Waals surface area contributed by atoms with Crippen LogP contribution >= 0.6 is 11.6 Å². The second kappa shape index (κ2) is 6.09. The number of benzene rings is 1. The normalized spacial score (nSPS) is 18.1. The van der Waals surface area contributed by atoms with E-state index in [1.54, 1.807) is 6.07 Å². The summed E-state index contributed by atoms with van der Waals surface area (Å²) in [6.45, 7) is 3.10. The second-order valence-corrected chi connectivity index (χ2v) is 6.71. The highest BCUT2D eigenvalue weighted by Gasteiger charge is 2.36. The fourth-order valence-electron chi connectivity index (χ4n) is 3.45. The van der Waals surface area contributed by atoms with Crippen LogP contribution < -0.4 is 10.2 Å². The number of fused-ring (bicyclic) bond motifs is 1. The first-order valence-corrected chi connectivity index (χ1v) is 8.61. The van der Waals surface area contributed by atoms with Crippen LogP contribution in [-0.4, -0.2) is 41.8 Å². The van der Waals surface area contributed by atoms with Gasteiger partial charge in [-0.15, -0.1) is 0 Å². The van der Waals surface area contributed by atoms with E-state index in [4.69, 9.17) is 11.6 Å². The Bertz CT molecular complexity index is 836. The Hall–Kier alpha value is -1.96. The Kier molecular flexibility index (Phi) is 4.02. The predicted molar refractivity (Wildman–Crippen MR) is 91.5 cm³/mol. The molecule has 0 bridgehead atoms. The summed E-state index contributed by atoms with van der Waals surface area (Å²) < 4.78 is 42.3. The van der Waals surface area contributed by atoms with Crippen molar-refractivity contribution in [1.82, 2.24) is 15.1 Å². The first kappa shape index (κ1) is 16.5. The molecule has 25 heavy (non-hydrogen) atoms. The molecule has 0 saturated carbocycles. The average Bonchev–Trinajstić information content (AvgIpc) is 3.27. The van der Waals surface area contributed by atoms with E-state index >= 15 is 0 Å². The largest absolute Gasteiger partial charge is 0.418 e. The highest BCUT2D eigenvalue weighted by molar-refractivity contribution is 6.31. The van der Waals surface area contributed by atoms with E-state index in [9.17, 15) is 13.2 Å². The van der Waals surface area contributed by atoms with Crippen molar-refractivity contribution in [2.75, 3.05) is 31.1 Å². The van der Waals surface area contributed by atoms with E-state index in [-0.39, 0.29) is 17.1 Å². The van der Waals surface area contributed by atoms with Crippen molar-refractivity contribution >= 4 is 34.2 Å². The molecule has 0 amide bonds. The van der Waals surface area contributed by atoms with Gasteiger partial charge < -0.3 is 10.2 Å². The first-order valence-electron chi connectivity index (χ1n) is 8.23.